The molecule has 0 heterocycles. The molecule has 6 aromatic carbocycles. The third kappa shape index (κ3) is 5.12. The van der Waals surface area contributed by atoms with Gasteiger partial charge in [0, 0.05) is 24.5 Å². The molecular weight excluding hydrogens is 613 g/mol. The zero-order valence-electron chi connectivity index (χ0n) is 24.6. The minimum atomic E-state index is -3.85. The molecule has 2 aliphatic rings. The second-order valence-electron chi connectivity index (χ2n) is 11.5. The highest BCUT2D eigenvalue weighted by Gasteiger charge is 2.37. The van der Waals surface area contributed by atoms with Crippen molar-refractivity contribution in [3.8, 4) is 22.3 Å². The van der Waals surface area contributed by atoms with Crippen LogP contribution in [0.5, 0.6) is 0 Å². The predicted octanol–water partition coefficient (Wildman–Crippen LogP) is 10.2. The molecule has 0 bridgehead atoms. The van der Waals surface area contributed by atoms with Crippen LogP contribution < -0.4 is 0 Å². The van der Waals surface area contributed by atoms with E-state index in [4.69, 9.17) is 3.63 Å². The van der Waals surface area contributed by atoms with E-state index in [1.54, 1.807) is 11.8 Å². The fraction of sp³-hybridized carbons (Fsp3) is 0.0769. The van der Waals surface area contributed by atoms with E-state index >= 15 is 0 Å². The van der Waals surface area contributed by atoms with Gasteiger partial charge in [-0.1, -0.05) is 90.6 Å². The highest BCUT2D eigenvalue weighted by Crippen LogP contribution is 2.70. The molecule has 6 aromatic rings. The summed E-state index contributed by atoms with van der Waals surface area (Å²) in [6.45, 7) is 0. The zero-order chi connectivity index (χ0) is 30.6. The van der Waals surface area contributed by atoms with Gasteiger partial charge in [0.25, 0.3) is 10.1 Å². The zero-order valence-corrected chi connectivity index (χ0v) is 27.1. The van der Waals surface area contributed by atoms with Gasteiger partial charge in [-0.25, -0.2) is 3.63 Å². The Morgan fingerprint density at radius 3 is 1.62 bits per heavy atom. The smallest absolute Gasteiger partial charge is 0.207 e. The average Bonchev–Trinajstić information content (AvgIpc) is 3.61. The van der Waals surface area contributed by atoms with Crippen LogP contribution in [-0.2, 0) is 26.6 Å². The molecular formula is C39H30O3S3. The highest BCUT2D eigenvalue weighted by molar-refractivity contribution is 8.33. The first kappa shape index (κ1) is 28.4. The Morgan fingerprint density at radius 2 is 0.978 bits per heavy atom. The summed E-state index contributed by atoms with van der Waals surface area (Å²) >= 11 is 1.72. The third-order valence-electron chi connectivity index (χ3n) is 8.55. The Balaban J connectivity index is 1.19. The monoisotopic (exact) mass is 642 g/mol. The van der Waals surface area contributed by atoms with Crippen molar-refractivity contribution in [3.63, 3.8) is 0 Å². The lowest BCUT2D eigenvalue weighted by Gasteiger charge is -2.39. The lowest BCUT2D eigenvalue weighted by Crippen LogP contribution is -2.13. The lowest BCUT2D eigenvalue weighted by molar-refractivity contribution is 0.515. The molecule has 1 unspecified atom stereocenters. The Bertz CT molecular complexity index is 2190. The summed E-state index contributed by atoms with van der Waals surface area (Å²) in [5.74, 6) is 0. The molecule has 0 radical (unpaired) electrons. The van der Waals surface area contributed by atoms with E-state index in [0.29, 0.717) is 0 Å². The summed E-state index contributed by atoms with van der Waals surface area (Å²) in [4.78, 5) is 4.80. The van der Waals surface area contributed by atoms with E-state index in [0.717, 1.165) is 38.7 Å². The third-order valence-corrected chi connectivity index (χ3v) is 14.1. The van der Waals surface area contributed by atoms with Crippen molar-refractivity contribution in [3.05, 3.63) is 162 Å². The topological polar surface area (TPSA) is 43.4 Å². The van der Waals surface area contributed by atoms with Gasteiger partial charge in [-0.15, -0.1) is 0 Å². The first-order chi connectivity index (χ1) is 21.9. The van der Waals surface area contributed by atoms with Gasteiger partial charge in [0.2, 0.25) is 0 Å². The minimum Gasteiger partial charge on any atom is -0.207 e. The summed E-state index contributed by atoms with van der Waals surface area (Å²) in [7, 11) is -6.47. The van der Waals surface area contributed by atoms with Gasteiger partial charge in [0.05, 0.1) is 6.26 Å². The van der Waals surface area contributed by atoms with Gasteiger partial charge in [0.15, 0.2) is 0 Å². The fourth-order valence-corrected chi connectivity index (χ4v) is 12.4. The molecule has 0 spiro atoms. The second kappa shape index (κ2) is 11.1. The molecule has 0 amide bonds. The maximum atomic E-state index is 13.1. The van der Waals surface area contributed by atoms with Gasteiger partial charge in [-0.3, -0.25) is 0 Å². The number of fused-ring (bicyclic) bond motifs is 6. The Kier molecular flexibility index (Phi) is 6.99. The quantitative estimate of drug-likeness (QED) is 0.174. The van der Waals surface area contributed by atoms with E-state index in [2.05, 4.69) is 97.1 Å². The van der Waals surface area contributed by atoms with Crippen LogP contribution in [0.1, 0.15) is 22.3 Å². The van der Waals surface area contributed by atoms with Crippen molar-refractivity contribution in [2.45, 2.75) is 37.3 Å². The highest BCUT2D eigenvalue weighted by atomic mass is 32.3. The van der Waals surface area contributed by atoms with Crippen LogP contribution in [0.15, 0.2) is 164 Å². The van der Waals surface area contributed by atoms with E-state index in [9.17, 15) is 8.42 Å². The normalized spacial score (nSPS) is 15.0. The summed E-state index contributed by atoms with van der Waals surface area (Å²) in [5.41, 5.74) is 10.3. The molecule has 1 atom stereocenters. The Labute approximate surface area is 270 Å². The molecule has 222 valence electrons. The van der Waals surface area contributed by atoms with Gasteiger partial charge in [-0.05, 0) is 128 Å². The number of rotatable bonds is 7. The van der Waals surface area contributed by atoms with Gasteiger partial charge in [-0.2, -0.15) is 8.42 Å². The average molecular weight is 643 g/mol. The molecule has 6 heteroatoms. The maximum Gasteiger partial charge on any atom is 0.274 e. The van der Waals surface area contributed by atoms with Crippen LogP contribution in [0.3, 0.4) is 0 Å². The summed E-state index contributed by atoms with van der Waals surface area (Å²) in [6, 6.07) is 48.2. The van der Waals surface area contributed by atoms with Crippen LogP contribution >= 0.6 is 22.1 Å². The lowest BCUT2D eigenvalue weighted by atomic mass is 10.1. The first-order valence-electron chi connectivity index (χ1n) is 14.9. The maximum absolute atomic E-state index is 13.1. The molecule has 3 nitrogen and oxygen atoms in total. The minimum absolute atomic E-state index is 0.809. The summed E-state index contributed by atoms with van der Waals surface area (Å²) in [6.07, 6.45) is 2.91. The molecule has 0 aromatic heterocycles. The molecule has 2 aliphatic carbocycles. The van der Waals surface area contributed by atoms with E-state index in [1.165, 1.54) is 49.4 Å². The summed E-state index contributed by atoms with van der Waals surface area (Å²) < 4.78 is 32.4. The number of hydrogen-bond donors (Lipinski definition) is 0. The largest absolute Gasteiger partial charge is 0.274 e. The molecule has 0 fully saturated rings. The molecule has 0 aliphatic heterocycles. The van der Waals surface area contributed by atoms with Crippen molar-refractivity contribution in [1.82, 2.24) is 0 Å². The van der Waals surface area contributed by atoms with Gasteiger partial charge in [0.1, 0.15) is 0 Å². The van der Waals surface area contributed by atoms with E-state index < -0.39 is 20.4 Å². The second-order valence-corrected chi connectivity index (χ2v) is 17.1. The van der Waals surface area contributed by atoms with Gasteiger partial charge < -0.3 is 0 Å². The molecule has 8 rings (SSSR count). The van der Waals surface area contributed by atoms with Crippen LogP contribution in [0.4, 0.5) is 0 Å². The standard InChI is InChI=1S/C39H30O3S3/c1-44(40,41)42-45(33-11-3-2-4-12-33,35-20-22-39-30(26-35)24-28-10-6-8-14-37(28)39)34-18-15-31(16-19-34)43-32-17-21-38-29(25-32)23-27-9-5-7-13-36(27)38/h2-22,25-26H,23-24H2,1H3. The molecule has 0 saturated heterocycles. The molecule has 0 saturated carbocycles. The van der Waals surface area contributed by atoms with Crippen molar-refractivity contribution in [1.29, 1.82) is 0 Å². The molecule has 0 N–H and O–H groups in total. The fourth-order valence-electron chi connectivity index (χ4n) is 6.64. The van der Waals surface area contributed by atoms with Crippen molar-refractivity contribution >= 4 is 32.2 Å². The number of hydrogen-bond acceptors (Lipinski definition) is 4. The number of benzene rings is 6. The predicted molar refractivity (Wildman–Crippen MR) is 185 cm³/mol. The van der Waals surface area contributed by atoms with E-state index in [-0.39, 0.29) is 0 Å². The SMILES string of the molecule is CS(=O)(=O)OS(c1ccccc1)(c1ccc(Sc2ccc3c(c2)Cc2ccccc2-3)cc1)c1ccc2c(c1)Cc1ccccc1-2. The molecule has 45 heavy (non-hydrogen) atoms. The van der Waals surface area contributed by atoms with E-state index in [1.807, 2.05) is 42.5 Å². The van der Waals surface area contributed by atoms with Crippen molar-refractivity contribution in [2.24, 2.45) is 0 Å². The van der Waals surface area contributed by atoms with Crippen LogP contribution in [0.25, 0.3) is 22.3 Å². The Hall–Kier alpha value is -4.07. The first-order valence-corrected chi connectivity index (χ1v) is 19.1. The van der Waals surface area contributed by atoms with Crippen LogP contribution in [0.2, 0.25) is 0 Å². The van der Waals surface area contributed by atoms with Crippen LogP contribution in [-0.4, -0.2) is 14.7 Å². The van der Waals surface area contributed by atoms with Crippen molar-refractivity contribution < 1.29 is 12.0 Å². The van der Waals surface area contributed by atoms with Crippen LogP contribution in [0, 0.1) is 0 Å². The van der Waals surface area contributed by atoms with Crippen molar-refractivity contribution in [2.75, 3.05) is 6.26 Å². The summed E-state index contributed by atoms with van der Waals surface area (Å²) in [5, 5.41) is 0. The van der Waals surface area contributed by atoms with Gasteiger partial charge >= 0.3 is 0 Å². The Morgan fingerprint density at radius 1 is 0.489 bits per heavy atom.